The molecule has 2 aromatic carbocycles. The van der Waals surface area contributed by atoms with Gasteiger partial charge in [0.05, 0.1) is 64.1 Å². The molecule has 55 heavy (non-hydrogen) atoms. The Hall–Kier alpha value is -2.41. The van der Waals surface area contributed by atoms with Crippen molar-refractivity contribution in [3.8, 4) is 5.75 Å². The van der Waals surface area contributed by atoms with Crippen molar-refractivity contribution in [3.05, 3.63) is 65.7 Å². The number of carbonyl (C=O) groups excluding carboxylic acids is 1. The van der Waals surface area contributed by atoms with Crippen LogP contribution >= 0.6 is 0 Å². The summed E-state index contributed by atoms with van der Waals surface area (Å²) >= 11 is 0. The SMILES string of the molecule is COc1ccc(COC[C@H](C)[C@@H]2OC(C)(C)O[C@@H]([C@H](C)[C@@H](CC(=O)[C@H](O)C[C@H](C)[C@@H]3OC(C)(C)O[C@@H]([C@@H](C)COCc4ccccc4)[C@@H]3C)OC)[C@@H]2C)cc1. The number of Topliss-reactive ketones (excluding diaryl/α,β-unsaturated/α-hetero) is 1. The van der Waals surface area contributed by atoms with Crippen molar-refractivity contribution in [2.75, 3.05) is 27.4 Å². The molecular formula is C45H70O10. The maximum absolute atomic E-state index is 13.7. The normalized spacial score (nSPS) is 28.4. The molecule has 0 aromatic heterocycles. The van der Waals surface area contributed by atoms with E-state index in [1.54, 1.807) is 14.2 Å². The average molecular weight is 771 g/mol. The van der Waals surface area contributed by atoms with E-state index in [0.29, 0.717) is 26.4 Å². The summed E-state index contributed by atoms with van der Waals surface area (Å²) in [7, 11) is 3.28. The lowest BCUT2D eigenvalue weighted by Crippen LogP contribution is -2.56. The van der Waals surface area contributed by atoms with Crippen molar-refractivity contribution in [1.82, 2.24) is 0 Å². The monoisotopic (exact) mass is 770 g/mol. The molecule has 0 bridgehead atoms. The minimum absolute atomic E-state index is 0.00473. The Morgan fingerprint density at radius 2 is 1.15 bits per heavy atom. The van der Waals surface area contributed by atoms with Gasteiger partial charge in [-0.2, -0.15) is 0 Å². The second-order valence-electron chi connectivity index (χ2n) is 17.2. The Balaban J connectivity index is 1.32. The molecule has 0 radical (unpaired) electrons. The van der Waals surface area contributed by atoms with Gasteiger partial charge in [-0.3, -0.25) is 4.79 Å². The summed E-state index contributed by atoms with van der Waals surface area (Å²) in [5.41, 5.74) is 2.20. The highest BCUT2D eigenvalue weighted by Crippen LogP contribution is 2.41. The van der Waals surface area contributed by atoms with Crippen molar-refractivity contribution < 1.29 is 47.8 Å². The van der Waals surface area contributed by atoms with Crippen molar-refractivity contribution in [2.24, 2.45) is 35.5 Å². The van der Waals surface area contributed by atoms with Crippen LogP contribution in [0, 0.1) is 35.5 Å². The predicted octanol–water partition coefficient (Wildman–Crippen LogP) is 8.01. The number of hydrogen-bond acceptors (Lipinski definition) is 10. The van der Waals surface area contributed by atoms with Crippen LogP contribution in [-0.4, -0.2) is 86.5 Å². The molecule has 2 heterocycles. The van der Waals surface area contributed by atoms with Crippen molar-refractivity contribution in [3.63, 3.8) is 0 Å². The first-order valence-electron chi connectivity index (χ1n) is 20.2. The lowest BCUT2D eigenvalue weighted by atomic mass is 9.79. The molecule has 2 aliphatic heterocycles. The van der Waals surface area contributed by atoms with Gasteiger partial charge in [-0.25, -0.2) is 0 Å². The standard InChI is InChI=1S/C45H70O10/c1-28(40-32(5)41(53-44(7,8)52-40)29(2)24-50-26-34-16-14-13-15-17-34)22-37(46)38(47)23-39(49-12)31(4)43-33(6)42(54-45(9,10)55-43)30(3)25-51-27-35-18-20-36(48-11)21-19-35/h13-21,28-33,37,39-43,46H,22-27H2,1-12H3/t28-,29-,30-,31+,32+,33+,37+,39+,40-,41-,42-,43-/m0/s1. The summed E-state index contributed by atoms with van der Waals surface area (Å²) in [5.74, 6) is -1.14. The molecule has 4 rings (SSSR count). The van der Waals surface area contributed by atoms with Crippen LogP contribution < -0.4 is 4.74 Å². The van der Waals surface area contributed by atoms with E-state index >= 15 is 0 Å². The molecule has 12 atom stereocenters. The molecule has 10 nitrogen and oxygen atoms in total. The minimum Gasteiger partial charge on any atom is -0.497 e. The molecular weight excluding hydrogens is 700 g/mol. The number of carbonyl (C=O) groups is 1. The Kier molecular flexibility index (Phi) is 16.7. The molecule has 2 aromatic rings. The average Bonchev–Trinajstić information content (AvgIpc) is 3.15. The fourth-order valence-electron chi connectivity index (χ4n) is 8.52. The fraction of sp³-hybridized carbons (Fsp3) is 0.711. The van der Waals surface area contributed by atoms with Crippen LogP contribution in [0.3, 0.4) is 0 Å². The summed E-state index contributed by atoms with van der Waals surface area (Å²) in [6.45, 7) is 22.5. The van der Waals surface area contributed by atoms with Gasteiger partial charge in [0.1, 0.15) is 11.9 Å². The van der Waals surface area contributed by atoms with Crippen LogP contribution in [0.2, 0.25) is 0 Å². The van der Waals surface area contributed by atoms with Crippen LogP contribution in [-0.2, 0) is 51.2 Å². The first-order chi connectivity index (χ1) is 25.9. The summed E-state index contributed by atoms with van der Waals surface area (Å²) in [6, 6.07) is 18.0. The number of methoxy groups -OCH3 is 2. The highest BCUT2D eigenvalue weighted by atomic mass is 16.7. The van der Waals surface area contributed by atoms with E-state index < -0.39 is 23.8 Å². The van der Waals surface area contributed by atoms with E-state index in [1.807, 2.05) is 77.1 Å². The van der Waals surface area contributed by atoms with Crippen molar-refractivity contribution in [1.29, 1.82) is 0 Å². The minimum atomic E-state index is -1.16. The predicted molar refractivity (Wildman–Crippen MR) is 212 cm³/mol. The van der Waals surface area contributed by atoms with Gasteiger partial charge >= 0.3 is 0 Å². The zero-order valence-corrected chi connectivity index (χ0v) is 35.5. The molecule has 2 fully saturated rings. The summed E-state index contributed by atoms with van der Waals surface area (Å²) in [5, 5.41) is 11.3. The van der Waals surface area contributed by atoms with Gasteiger partial charge in [-0.05, 0) is 63.3 Å². The van der Waals surface area contributed by atoms with E-state index in [4.69, 9.17) is 37.9 Å². The molecule has 2 saturated heterocycles. The second kappa shape index (κ2) is 20.3. The Morgan fingerprint density at radius 3 is 1.64 bits per heavy atom. The number of ether oxygens (including phenoxy) is 8. The maximum atomic E-state index is 13.7. The molecule has 1 N–H and O–H groups in total. The van der Waals surface area contributed by atoms with E-state index in [1.165, 1.54) is 0 Å². The quantitative estimate of drug-likeness (QED) is 0.142. The summed E-state index contributed by atoms with van der Waals surface area (Å²) < 4.78 is 49.4. The largest absolute Gasteiger partial charge is 0.497 e. The molecule has 0 spiro atoms. The molecule has 310 valence electrons. The van der Waals surface area contributed by atoms with Crippen LogP contribution in [0.5, 0.6) is 5.75 Å². The molecule has 0 saturated carbocycles. The van der Waals surface area contributed by atoms with Gasteiger partial charge in [-0.1, -0.05) is 84.0 Å². The van der Waals surface area contributed by atoms with Crippen molar-refractivity contribution in [2.45, 2.75) is 143 Å². The topological polar surface area (TPSA) is 111 Å². The van der Waals surface area contributed by atoms with E-state index in [-0.39, 0.29) is 78.5 Å². The third-order valence-corrected chi connectivity index (χ3v) is 11.5. The van der Waals surface area contributed by atoms with Crippen LogP contribution in [0.15, 0.2) is 54.6 Å². The van der Waals surface area contributed by atoms with Crippen LogP contribution in [0.4, 0.5) is 0 Å². The van der Waals surface area contributed by atoms with Crippen LogP contribution in [0.25, 0.3) is 0 Å². The van der Waals surface area contributed by atoms with E-state index in [9.17, 15) is 9.90 Å². The highest BCUT2D eigenvalue weighted by Gasteiger charge is 2.48. The number of ketones is 1. The molecule has 0 amide bonds. The van der Waals surface area contributed by atoms with Gasteiger partial charge in [-0.15, -0.1) is 0 Å². The van der Waals surface area contributed by atoms with Gasteiger partial charge in [0, 0.05) is 43.1 Å². The van der Waals surface area contributed by atoms with Crippen molar-refractivity contribution >= 4 is 5.78 Å². The molecule has 0 aliphatic carbocycles. The molecule has 2 aliphatic rings. The number of benzene rings is 2. The Labute approximate surface area is 330 Å². The summed E-state index contributed by atoms with van der Waals surface area (Å²) in [6.07, 6.45) is -2.00. The number of rotatable bonds is 20. The van der Waals surface area contributed by atoms with Gasteiger partial charge in [0.25, 0.3) is 0 Å². The summed E-state index contributed by atoms with van der Waals surface area (Å²) in [4.78, 5) is 13.7. The maximum Gasteiger partial charge on any atom is 0.163 e. The zero-order chi connectivity index (χ0) is 40.5. The third-order valence-electron chi connectivity index (χ3n) is 11.5. The lowest BCUT2D eigenvalue weighted by molar-refractivity contribution is -0.339. The van der Waals surface area contributed by atoms with Gasteiger partial charge in [0.15, 0.2) is 17.4 Å². The lowest BCUT2D eigenvalue weighted by Gasteiger charge is -2.49. The molecule has 10 heteroatoms. The Morgan fingerprint density at radius 1 is 0.691 bits per heavy atom. The first kappa shape index (κ1) is 45.3. The van der Waals surface area contributed by atoms with Crippen LogP contribution in [0.1, 0.15) is 93.2 Å². The highest BCUT2D eigenvalue weighted by molar-refractivity contribution is 5.83. The number of aliphatic hydroxyl groups excluding tert-OH is 1. The number of hydrogen-bond donors (Lipinski definition) is 1. The van der Waals surface area contributed by atoms with E-state index in [2.05, 4.69) is 46.8 Å². The fourth-order valence-corrected chi connectivity index (χ4v) is 8.52. The van der Waals surface area contributed by atoms with E-state index in [0.717, 1.165) is 16.9 Å². The number of aliphatic hydroxyl groups is 1. The second-order valence-corrected chi connectivity index (χ2v) is 17.2. The zero-order valence-electron chi connectivity index (χ0n) is 35.5. The van der Waals surface area contributed by atoms with Gasteiger partial charge in [0.2, 0.25) is 0 Å². The molecule has 0 unspecified atom stereocenters. The smallest absolute Gasteiger partial charge is 0.163 e. The third kappa shape index (κ3) is 12.8. The van der Waals surface area contributed by atoms with Gasteiger partial charge < -0.3 is 43.0 Å². The first-order valence-corrected chi connectivity index (χ1v) is 20.2. The Bertz CT molecular complexity index is 1430.